The Labute approximate surface area is 293 Å². The van der Waals surface area contributed by atoms with E-state index >= 15 is 0 Å². The van der Waals surface area contributed by atoms with Crippen LogP contribution in [0.2, 0.25) is 0 Å². The molecule has 0 fully saturated rings. The number of unbranched alkanes of at least 4 members (excludes halogenated alkanes) is 1. The van der Waals surface area contributed by atoms with Gasteiger partial charge in [0.2, 0.25) is 17.6 Å². The quantitative estimate of drug-likeness (QED) is 0.0105. The molecule has 282 valence electrons. The largest absolute Gasteiger partial charge is 0.384 e. The Balaban J connectivity index is 2.99. The van der Waals surface area contributed by atoms with E-state index in [1.54, 1.807) is 38.1 Å². The van der Waals surface area contributed by atoms with Crippen LogP contribution in [0.4, 0.5) is 0 Å². The normalized spacial score (nSPS) is 13.1. The van der Waals surface area contributed by atoms with Crippen LogP contribution >= 0.6 is 0 Å². The zero-order valence-electron chi connectivity index (χ0n) is 29.1. The number of hydrazine groups is 1. The first-order valence-electron chi connectivity index (χ1n) is 16.8. The van der Waals surface area contributed by atoms with Crippen LogP contribution in [0.15, 0.2) is 24.3 Å². The van der Waals surface area contributed by atoms with E-state index < -0.39 is 54.1 Å². The van der Waals surface area contributed by atoms with Gasteiger partial charge in [-0.2, -0.15) is 0 Å². The van der Waals surface area contributed by atoms with Crippen LogP contribution in [0.3, 0.4) is 0 Å². The Hall–Kier alpha value is -4.08. The van der Waals surface area contributed by atoms with Gasteiger partial charge in [0.1, 0.15) is 30.5 Å². The van der Waals surface area contributed by atoms with E-state index in [9.17, 15) is 19.2 Å². The summed E-state index contributed by atoms with van der Waals surface area (Å²) in [6, 6.07) is 4.09. The van der Waals surface area contributed by atoms with Crippen molar-refractivity contribution in [2.75, 3.05) is 19.6 Å². The van der Waals surface area contributed by atoms with Gasteiger partial charge in [0.15, 0.2) is 11.7 Å². The first-order chi connectivity index (χ1) is 23.6. The van der Waals surface area contributed by atoms with E-state index in [-0.39, 0.29) is 43.5 Å². The van der Waals surface area contributed by atoms with E-state index in [0.717, 1.165) is 5.56 Å². The summed E-state index contributed by atoms with van der Waals surface area (Å²) in [6.45, 7) is 4.98. The van der Waals surface area contributed by atoms with Crippen molar-refractivity contribution >= 4 is 35.2 Å². The lowest BCUT2D eigenvalue weighted by atomic mass is 10.00. The van der Waals surface area contributed by atoms with Crippen molar-refractivity contribution < 1.29 is 19.2 Å². The molecule has 19 heteroatoms. The molecule has 2 amide bonds. The molecule has 0 aliphatic heterocycles. The number of benzene rings is 1. The van der Waals surface area contributed by atoms with E-state index in [2.05, 4.69) is 37.4 Å². The van der Waals surface area contributed by atoms with E-state index in [1.807, 2.05) is 0 Å². The standard InChI is InChI=1S/C31H59N15O4/c1-18(2)24(46-45-21(7-5-15-41-30(36)37)25(48)23(47)9-3-4-14-40-29(34)35)28(50)44-22(8-6-16-42-31(38)39)27(49)43-17-19-10-12-20(13-11-19)26(32)33/h10-13,18,21-22,24,30-31,41-42,45-46H,3-9,14-17,36-39H2,1-2H3,(H3,32,33)(H,43,49)(H,44,50)(H4,34,35,40)/t21-,22-,24-/m0/s1. The number of nitrogens with two attached hydrogens (primary N) is 6. The molecule has 50 heavy (non-hydrogen) atoms. The Morgan fingerprint density at radius 3 is 1.82 bits per heavy atom. The predicted octanol–water partition coefficient (Wildman–Crippen LogP) is -3.51. The number of nitrogen functional groups attached to an aromatic ring is 1. The van der Waals surface area contributed by atoms with E-state index in [0.29, 0.717) is 50.9 Å². The summed E-state index contributed by atoms with van der Waals surface area (Å²) in [6.07, 6.45) is 0.933. The van der Waals surface area contributed by atoms with Gasteiger partial charge in [0, 0.05) is 25.1 Å². The summed E-state index contributed by atoms with van der Waals surface area (Å²) in [5.74, 6) is -2.65. The fourth-order valence-electron chi connectivity index (χ4n) is 4.74. The van der Waals surface area contributed by atoms with E-state index in [1.165, 1.54) is 0 Å². The van der Waals surface area contributed by atoms with Crippen molar-refractivity contribution in [3.05, 3.63) is 35.4 Å². The van der Waals surface area contributed by atoms with Crippen LogP contribution < -0.4 is 71.8 Å². The molecule has 3 atom stereocenters. The predicted molar refractivity (Wildman–Crippen MR) is 193 cm³/mol. The van der Waals surface area contributed by atoms with Crippen molar-refractivity contribution in [1.82, 2.24) is 37.4 Å². The monoisotopic (exact) mass is 705 g/mol. The van der Waals surface area contributed by atoms with Gasteiger partial charge >= 0.3 is 0 Å². The average Bonchev–Trinajstić information content (AvgIpc) is 3.05. The minimum absolute atomic E-state index is 0.0121. The van der Waals surface area contributed by atoms with Crippen LogP contribution in [-0.2, 0) is 25.7 Å². The molecule has 1 aromatic rings. The number of carbonyl (C=O) groups is 4. The SMILES string of the molecule is CC(C)[C@H](NN[C@@H](CCCNC(N)N)C(=O)C(=O)CCCCNC(=N)N)C(=O)N[C@@H](CCCNC(N)N)C(=O)NCc1ccc(C(=N)N)cc1. The molecule has 0 aliphatic rings. The Morgan fingerprint density at radius 2 is 1.30 bits per heavy atom. The smallest absolute Gasteiger partial charge is 0.242 e. The zero-order valence-corrected chi connectivity index (χ0v) is 29.1. The van der Waals surface area contributed by atoms with Crippen molar-refractivity contribution in [1.29, 1.82) is 10.8 Å². The van der Waals surface area contributed by atoms with Crippen molar-refractivity contribution in [3.63, 3.8) is 0 Å². The minimum Gasteiger partial charge on any atom is -0.384 e. The van der Waals surface area contributed by atoms with Crippen molar-refractivity contribution in [2.24, 2.45) is 40.3 Å². The fourth-order valence-corrected chi connectivity index (χ4v) is 4.74. The number of nitrogens with one attached hydrogen (secondary N) is 9. The second-order valence-electron chi connectivity index (χ2n) is 12.3. The molecule has 1 aromatic carbocycles. The molecule has 0 unspecified atom stereocenters. The Bertz CT molecular complexity index is 1230. The lowest BCUT2D eigenvalue weighted by molar-refractivity contribution is -0.138. The van der Waals surface area contributed by atoms with Gasteiger partial charge in [-0.1, -0.05) is 38.1 Å². The Morgan fingerprint density at radius 1 is 0.720 bits per heavy atom. The first-order valence-corrected chi connectivity index (χ1v) is 16.8. The van der Waals surface area contributed by atoms with Gasteiger partial charge in [-0.15, -0.1) is 0 Å². The number of hydrogen-bond acceptors (Lipinski definition) is 14. The molecule has 0 saturated heterocycles. The number of guanidine groups is 1. The van der Waals surface area contributed by atoms with Crippen molar-refractivity contribution in [3.8, 4) is 0 Å². The molecule has 0 radical (unpaired) electrons. The Kier molecular flexibility index (Phi) is 21.2. The molecule has 0 saturated carbocycles. The number of carbonyl (C=O) groups excluding carboxylic acids is 4. The summed E-state index contributed by atoms with van der Waals surface area (Å²) in [7, 11) is 0. The molecular formula is C31H59N15O4. The van der Waals surface area contributed by atoms with Crippen molar-refractivity contribution in [2.45, 2.75) is 96.0 Å². The maximum Gasteiger partial charge on any atom is 0.242 e. The van der Waals surface area contributed by atoms with Gasteiger partial charge in [0.25, 0.3) is 0 Å². The highest BCUT2D eigenvalue weighted by atomic mass is 16.2. The van der Waals surface area contributed by atoms with Gasteiger partial charge < -0.3 is 50.4 Å². The molecule has 1 rings (SSSR count). The number of rotatable bonds is 27. The molecule has 0 heterocycles. The lowest BCUT2D eigenvalue weighted by Gasteiger charge is -2.27. The van der Waals surface area contributed by atoms with Gasteiger partial charge in [-0.25, -0.2) is 10.9 Å². The number of amides is 2. The number of Topliss-reactive ketones (excluding diaryl/α,β-unsaturated/α-hetero) is 2. The van der Waals surface area contributed by atoms with E-state index in [4.69, 9.17) is 45.2 Å². The summed E-state index contributed by atoms with van der Waals surface area (Å²) >= 11 is 0. The highest BCUT2D eigenvalue weighted by Crippen LogP contribution is 2.09. The molecule has 0 aliphatic carbocycles. The topological polar surface area (TPSA) is 356 Å². The van der Waals surface area contributed by atoms with Crippen LogP contribution in [0.5, 0.6) is 0 Å². The van der Waals surface area contributed by atoms with Crippen LogP contribution in [0.1, 0.15) is 69.9 Å². The van der Waals surface area contributed by atoms with Gasteiger partial charge in [-0.05, 0) is 63.1 Å². The molecular weight excluding hydrogens is 646 g/mol. The first kappa shape index (κ1) is 43.9. The van der Waals surface area contributed by atoms with Crippen LogP contribution in [0.25, 0.3) is 0 Å². The van der Waals surface area contributed by atoms with Gasteiger partial charge in [-0.3, -0.25) is 40.6 Å². The minimum atomic E-state index is -0.956. The highest BCUT2D eigenvalue weighted by molar-refractivity contribution is 6.39. The maximum absolute atomic E-state index is 13.6. The van der Waals surface area contributed by atoms with Crippen LogP contribution in [0, 0.1) is 16.7 Å². The molecule has 0 aromatic heterocycles. The summed E-state index contributed by atoms with van der Waals surface area (Å²) in [5.41, 5.74) is 40.2. The third-order valence-corrected chi connectivity index (χ3v) is 7.56. The lowest BCUT2D eigenvalue weighted by Crippen LogP contribution is -2.60. The third-order valence-electron chi connectivity index (χ3n) is 7.56. The summed E-state index contributed by atoms with van der Waals surface area (Å²) < 4.78 is 0. The molecule has 0 bridgehead atoms. The highest BCUT2D eigenvalue weighted by Gasteiger charge is 2.30. The number of ketones is 2. The maximum atomic E-state index is 13.6. The average molecular weight is 706 g/mol. The number of hydrogen-bond donors (Lipinski definition) is 15. The summed E-state index contributed by atoms with van der Waals surface area (Å²) in [5, 5.41) is 28.8. The second-order valence-corrected chi connectivity index (χ2v) is 12.3. The van der Waals surface area contributed by atoms with Crippen LogP contribution in [-0.4, -0.2) is 85.5 Å². The summed E-state index contributed by atoms with van der Waals surface area (Å²) in [4.78, 5) is 53.0. The zero-order chi connectivity index (χ0) is 37.6. The second kappa shape index (κ2) is 24.1. The number of amidine groups is 1. The van der Waals surface area contributed by atoms with Gasteiger partial charge in [0.05, 0.1) is 6.04 Å². The third kappa shape index (κ3) is 18.6. The molecule has 0 spiro atoms. The molecule has 19 nitrogen and oxygen atoms in total. The fraction of sp³-hybridized carbons (Fsp3) is 0.613. The molecule has 21 N–H and O–H groups in total.